The molecule has 0 aliphatic heterocycles. The minimum atomic E-state index is -0.701. The van der Waals surface area contributed by atoms with Crippen LogP contribution >= 0.6 is 0 Å². The smallest absolute Gasteiger partial charge is 0.273 e. The van der Waals surface area contributed by atoms with Gasteiger partial charge >= 0.3 is 0 Å². The number of hydrogen-bond acceptors (Lipinski definition) is 4. The van der Waals surface area contributed by atoms with Gasteiger partial charge in [0.25, 0.3) is 5.91 Å². The molecule has 0 spiro atoms. The first kappa shape index (κ1) is 10.2. The van der Waals surface area contributed by atoms with E-state index >= 15 is 0 Å². The number of aromatic nitrogens is 1. The monoisotopic (exact) mass is 210 g/mol. The summed E-state index contributed by atoms with van der Waals surface area (Å²) in [5, 5.41) is 12.4. The van der Waals surface area contributed by atoms with Crippen molar-refractivity contribution in [2.75, 3.05) is 6.54 Å². The lowest BCUT2D eigenvalue weighted by Crippen LogP contribution is -2.47. The van der Waals surface area contributed by atoms with E-state index in [2.05, 4.69) is 10.3 Å². The zero-order chi connectivity index (χ0) is 10.9. The highest BCUT2D eigenvalue weighted by molar-refractivity contribution is 5.93. The third kappa shape index (κ3) is 2.02. The van der Waals surface area contributed by atoms with Crippen molar-refractivity contribution in [1.29, 1.82) is 0 Å². The summed E-state index contributed by atoms with van der Waals surface area (Å²) in [7, 11) is 0. The van der Waals surface area contributed by atoms with Gasteiger partial charge in [0, 0.05) is 6.54 Å². The van der Waals surface area contributed by atoms with Crippen LogP contribution in [0.4, 0.5) is 0 Å². The Morgan fingerprint density at radius 1 is 1.73 bits per heavy atom. The predicted octanol–water partition coefficient (Wildman–Crippen LogP) is 0.628. The number of rotatable bonds is 3. The first-order valence-electron chi connectivity index (χ1n) is 5.01. The van der Waals surface area contributed by atoms with E-state index in [1.165, 1.54) is 6.39 Å². The molecule has 2 N–H and O–H groups in total. The van der Waals surface area contributed by atoms with Gasteiger partial charge in [0.1, 0.15) is 5.76 Å². The number of aliphatic hydroxyl groups is 1. The third-order valence-electron chi connectivity index (χ3n) is 2.82. The Balaban J connectivity index is 1.90. The van der Waals surface area contributed by atoms with Crippen LogP contribution in [-0.4, -0.2) is 28.1 Å². The minimum absolute atomic E-state index is 0.290. The lowest BCUT2D eigenvalue weighted by Gasteiger charge is -2.36. The van der Waals surface area contributed by atoms with E-state index < -0.39 is 5.60 Å². The Bertz CT molecular complexity index is 368. The van der Waals surface area contributed by atoms with E-state index in [4.69, 9.17) is 4.42 Å². The summed E-state index contributed by atoms with van der Waals surface area (Å²) in [4.78, 5) is 15.4. The van der Waals surface area contributed by atoms with Crippen LogP contribution in [0.2, 0.25) is 0 Å². The number of amides is 1. The summed E-state index contributed by atoms with van der Waals surface area (Å²) in [6.45, 7) is 1.97. The Labute approximate surface area is 87.5 Å². The maximum atomic E-state index is 11.6. The van der Waals surface area contributed by atoms with E-state index in [0.29, 0.717) is 5.76 Å². The zero-order valence-corrected chi connectivity index (χ0v) is 8.62. The molecule has 0 unspecified atom stereocenters. The van der Waals surface area contributed by atoms with Crippen LogP contribution in [0.5, 0.6) is 0 Å². The highest BCUT2D eigenvalue weighted by atomic mass is 16.3. The fourth-order valence-corrected chi connectivity index (χ4v) is 1.61. The van der Waals surface area contributed by atoms with Crippen molar-refractivity contribution < 1.29 is 14.3 Å². The van der Waals surface area contributed by atoms with Crippen molar-refractivity contribution in [2.24, 2.45) is 0 Å². The SMILES string of the molecule is Cc1ocnc1C(=O)NCC1(O)CCC1. The second-order valence-corrected chi connectivity index (χ2v) is 4.02. The molecule has 5 heteroatoms. The van der Waals surface area contributed by atoms with Crippen LogP contribution in [-0.2, 0) is 0 Å². The van der Waals surface area contributed by atoms with Gasteiger partial charge in [-0.25, -0.2) is 4.98 Å². The highest BCUT2D eigenvalue weighted by Crippen LogP contribution is 2.30. The number of carbonyl (C=O) groups is 1. The maximum Gasteiger partial charge on any atom is 0.273 e. The van der Waals surface area contributed by atoms with E-state index in [-0.39, 0.29) is 18.1 Å². The van der Waals surface area contributed by atoms with Crippen LogP contribution in [0.3, 0.4) is 0 Å². The predicted molar refractivity (Wildman–Crippen MR) is 52.4 cm³/mol. The Kier molecular flexibility index (Phi) is 2.48. The lowest BCUT2D eigenvalue weighted by atomic mass is 9.80. The molecular weight excluding hydrogens is 196 g/mol. The molecule has 1 amide bonds. The van der Waals surface area contributed by atoms with E-state index in [1.807, 2.05) is 0 Å². The summed E-state index contributed by atoms with van der Waals surface area (Å²) >= 11 is 0. The largest absolute Gasteiger partial charge is 0.448 e. The van der Waals surface area contributed by atoms with Crippen molar-refractivity contribution >= 4 is 5.91 Å². The average Bonchev–Trinajstić information content (AvgIpc) is 2.58. The molecule has 0 radical (unpaired) electrons. The van der Waals surface area contributed by atoms with Crippen molar-refractivity contribution in [3.05, 3.63) is 17.8 Å². The molecular formula is C10H14N2O3. The van der Waals surface area contributed by atoms with Crippen LogP contribution < -0.4 is 5.32 Å². The fourth-order valence-electron chi connectivity index (χ4n) is 1.61. The zero-order valence-electron chi connectivity index (χ0n) is 8.62. The van der Waals surface area contributed by atoms with Gasteiger partial charge in [0.05, 0.1) is 5.60 Å². The van der Waals surface area contributed by atoms with Crippen LogP contribution in [0.25, 0.3) is 0 Å². The van der Waals surface area contributed by atoms with Crippen molar-refractivity contribution in [2.45, 2.75) is 31.8 Å². The second-order valence-electron chi connectivity index (χ2n) is 4.02. The fraction of sp³-hybridized carbons (Fsp3) is 0.600. The van der Waals surface area contributed by atoms with Crippen molar-refractivity contribution in [3.8, 4) is 0 Å². The number of aryl methyl sites for hydroxylation is 1. The normalized spacial score (nSPS) is 18.3. The molecule has 0 bridgehead atoms. The van der Waals surface area contributed by atoms with Gasteiger partial charge < -0.3 is 14.8 Å². The summed E-state index contributed by atoms with van der Waals surface area (Å²) in [6, 6.07) is 0. The Morgan fingerprint density at radius 3 is 2.93 bits per heavy atom. The Morgan fingerprint density at radius 2 is 2.47 bits per heavy atom. The summed E-state index contributed by atoms with van der Waals surface area (Å²) < 4.78 is 4.92. The van der Waals surface area contributed by atoms with Gasteiger partial charge in [-0.3, -0.25) is 4.79 Å². The van der Waals surface area contributed by atoms with Crippen molar-refractivity contribution in [3.63, 3.8) is 0 Å². The summed E-state index contributed by atoms with van der Waals surface area (Å²) in [6.07, 6.45) is 3.77. The molecule has 1 aliphatic rings. The highest BCUT2D eigenvalue weighted by Gasteiger charge is 2.34. The number of carbonyl (C=O) groups excluding carboxylic acids is 1. The standard InChI is InChI=1S/C10H14N2O3/c1-7-8(12-6-15-7)9(13)11-5-10(14)3-2-4-10/h6,14H,2-5H2,1H3,(H,11,13). The molecule has 0 atom stereocenters. The molecule has 1 heterocycles. The van der Waals surface area contributed by atoms with Crippen LogP contribution in [0, 0.1) is 6.92 Å². The second kappa shape index (κ2) is 3.66. The number of hydrogen-bond donors (Lipinski definition) is 2. The van der Waals surface area contributed by atoms with E-state index in [9.17, 15) is 9.90 Å². The topological polar surface area (TPSA) is 75.4 Å². The first-order valence-corrected chi connectivity index (χ1v) is 5.01. The maximum absolute atomic E-state index is 11.6. The molecule has 15 heavy (non-hydrogen) atoms. The van der Waals surface area contributed by atoms with Gasteiger partial charge in [-0.05, 0) is 26.2 Å². The quantitative estimate of drug-likeness (QED) is 0.767. The molecule has 0 saturated heterocycles. The molecule has 1 aromatic heterocycles. The average molecular weight is 210 g/mol. The molecule has 82 valence electrons. The number of nitrogens with zero attached hydrogens (tertiary/aromatic N) is 1. The van der Waals surface area contributed by atoms with Gasteiger partial charge in [-0.2, -0.15) is 0 Å². The van der Waals surface area contributed by atoms with Gasteiger partial charge in [0.15, 0.2) is 12.1 Å². The first-order chi connectivity index (χ1) is 7.11. The third-order valence-corrected chi connectivity index (χ3v) is 2.82. The Hall–Kier alpha value is -1.36. The summed E-state index contributed by atoms with van der Waals surface area (Å²) in [5.74, 6) is 0.203. The van der Waals surface area contributed by atoms with Crippen LogP contribution in [0.15, 0.2) is 10.8 Å². The number of nitrogens with one attached hydrogen (secondary N) is 1. The summed E-state index contributed by atoms with van der Waals surface area (Å²) in [5.41, 5.74) is -0.411. The molecule has 2 rings (SSSR count). The molecule has 5 nitrogen and oxygen atoms in total. The lowest BCUT2D eigenvalue weighted by molar-refractivity contribution is -0.0300. The van der Waals surface area contributed by atoms with Gasteiger partial charge in [-0.1, -0.05) is 0 Å². The van der Waals surface area contributed by atoms with Crippen molar-refractivity contribution in [1.82, 2.24) is 10.3 Å². The molecule has 0 aromatic carbocycles. The molecule has 1 saturated carbocycles. The molecule has 1 fully saturated rings. The van der Waals surface area contributed by atoms with Gasteiger partial charge in [0.2, 0.25) is 0 Å². The van der Waals surface area contributed by atoms with E-state index in [0.717, 1.165) is 19.3 Å². The molecule has 1 aromatic rings. The number of oxazole rings is 1. The minimum Gasteiger partial charge on any atom is -0.448 e. The van der Waals surface area contributed by atoms with E-state index in [1.54, 1.807) is 6.92 Å². The van der Waals surface area contributed by atoms with Crippen LogP contribution in [0.1, 0.15) is 35.5 Å². The van der Waals surface area contributed by atoms with Gasteiger partial charge in [-0.15, -0.1) is 0 Å². The molecule has 1 aliphatic carbocycles.